The fourth-order valence-electron chi connectivity index (χ4n) is 3.96. The first kappa shape index (κ1) is 22.3. The SMILES string of the molecule is CC1=C(c2nc(-c3ccc(F)cc3)no2)C(c2ccc(Cl)cc2)NC(=O)N1CCc1cccs1. The number of urea groups is 1. The Morgan fingerprint density at radius 2 is 1.91 bits per heavy atom. The molecule has 4 aromatic rings. The average molecular weight is 495 g/mol. The van der Waals surface area contributed by atoms with Gasteiger partial charge in [-0.15, -0.1) is 11.3 Å². The van der Waals surface area contributed by atoms with Crippen LogP contribution < -0.4 is 5.32 Å². The highest BCUT2D eigenvalue weighted by molar-refractivity contribution is 7.09. The lowest BCUT2D eigenvalue weighted by Crippen LogP contribution is -2.46. The van der Waals surface area contributed by atoms with Gasteiger partial charge in [0.15, 0.2) is 0 Å². The van der Waals surface area contributed by atoms with Crippen molar-refractivity contribution < 1.29 is 13.7 Å². The van der Waals surface area contributed by atoms with Crippen molar-refractivity contribution in [3.8, 4) is 11.4 Å². The van der Waals surface area contributed by atoms with Crippen molar-refractivity contribution in [2.75, 3.05) is 6.54 Å². The number of aromatic nitrogens is 2. The molecule has 1 aliphatic rings. The van der Waals surface area contributed by atoms with Crippen LogP contribution in [0.2, 0.25) is 5.02 Å². The van der Waals surface area contributed by atoms with Crippen LogP contribution >= 0.6 is 22.9 Å². The molecule has 0 radical (unpaired) electrons. The van der Waals surface area contributed by atoms with Crippen LogP contribution in [0.15, 0.2) is 76.3 Å². The number of nitrogens with one attached hydrogen (secondary N) is 1. The van der Waals surface area contributed by atoms with E-state index in [0.717, 1.165) is 17.7 Å². The van der Waals surface area contributed by atoms with Crippen molar-refractivity contribution in [1.29, 1.82) is 0 Å². The van der Waals surface area contributed by atoms with Gasteiger partial charge in [-0.05, 0) is 66.8 Å². The topological polar surface area (TPSA) is 71.3 Å². The number of halogens is 2. The molecule has 5 rings (SSSR count). The van der Waals surface area contributed by atoms with Gasteiger partial charge in [-0.25, -0.2) is 9.18 Å². The Morgan fingerprint density at radius 1 is 1.15 bits per heavy atom. The summed E-state index contributed by atoms with van der Waals surface area (Å²) in [5.41, 5.74) is 2.90. The van der Waals surface area contributed by atoms with Crippen molar-refractivity contribution in [3.05, 3.63) is 98.9 Å². The van der Waals surface area contributed by atoms with Gasteiger partial charge in [-0.1, -0.05) is 35.0 Å². The maximum absolute atomic E-state index is 13.3. The highest BCUT2D eigenvalue weighted by atomic mass is 35.5. The Bertz CT molecular complexity index is 1330. The van der Waals surface area contributed by atoms with Gasteiger partial charge in [0.25, 0.3) is 5.89 Å². The van der Waals surface area contributed by atoms with E-state index in [1.54, 1.807) is 40.5 Å². The van der Waals surface area contributed by atoms with Crippen molar-refractivity contribution in [2.24, 2.45) is 0 Å². The molecule has 0 bridgehead atoms. The minimum atomic E-state index is -0.496. The molecule has 9 heteroatoms. The van der Waals surface area contributed by atoms with Crippen molar-refractivity contribution in [1.82, 2.24) is 20.4 Å². The monoisotopic (exact) mass is 494 g/mol. The van der Waals surface area contributed by atoms with E-state index in [2.05, 4.69) is 21.5 Å². The fourth-order valence-corrected chi connectivity index (χ4v) is 4.78. The van der Waals surface area contributed by atoms with Gasteiger partial charge >= 0.3 is 6.03 Å². The van der Waals surface area contributed by atoms with Crippen molar-refractivity contribution in [3.63, 3.8) is 0 Å². The van der Waals surface area contributed by atoms with E-state index in [9.17, 15) is 9.18 Å². The summed E-state index contributed by atoms with van der Waals surface area (Å²) in [5.74, 6) is 0.287. The van der Waals surface area contributed by atoms with Gasteiger partial charge in [0.1, 0.15) is 5.82 Å². The summed E-state index contributed by atoms with van der Waals surface area (Å²) in [6, 6.07) is 16.5. The Kier molecular flexibility index (Phi) is 6.17. The Labute approximate surface area is 204 Å². The van der Waals surface area contributed by atoms with E-state index in [-0.39, 0.29) is 17.7 Å². The first-order valence-electron chi connectivity index (χ1n) is 10.7. The summed E-state index contributed by atoms with van der Waals surface area (Å²) < 4.78 is 19.0. The number of carbonyl (C=O) groups excluding carboxylic acids is 1. The Morgan fingerprint density at radius 3 is 2.62 bits per heavy atom. The quantitative estimate of drug-likeness (QED) is 0.340. The number of allylic oxidation sites excluding steroid dienone is 1. The van der Waals surface area contributed by atoms with E-state index < -0.39 is 6.04 Å². The fraction of sp³-hybridized carbons (Fsp3) is 0.160. The molecule has 1 unspecified atom stereocenters. The molecule has 0 saturated heterocycles. The molecule has 0 saturated carbocycles. The summed E-state index contributed by atoms with van der Waals surface area (Å²) >= 11 is 7.74. The van der Waals surface area contributed by atoms with Crippen LogP contribution in [0.25, 0.3) is 17.0 Å². The molecular weight excluding hydrogens is 475 g/mol. The van der Waals surface area contributed by atoms with Crippen LogP contribution in [0.4, 0.5) is 9.18 Å². The summed E-state index contributed by atoms with van der Waals surface area (Å²) in [5, 5.41) is 9.80. The van der Waals surface area contributed by atoms with Crippen LogP contribution in [-0.4, -0.2) is 27.6 Å². The summed E-state index contributed by atoms with van der Waals surface area (Å²) in [6.07, 6.45) is 0.728. The maximum Gasteiger partial charge on any atom is 0.322 e. The molecular formula is C25H20ClFN4O2S. The van der Waals surface area contributed by atoms with Gasteiger partial charge in [-0.2, -0.15) is 4.98 Å². The molecule has 0 fully saturated rings. The number of benzene rings is 2. The smallest absolute Gasteiger partial charge is 0.322 e. The standard InChI is InChI=1S/C25H20ClFN4O2S/c1-15-21(24-29-23(30-33-24)17-6-10-19(27)11-7-17)22(16-4-8-18(26)9-5-16)28-25(32)31(15)13-12-20-3-2-14-34-20/h2-11,14,22H,12-13H2,1H3,(H,28,32). The van der Waals surface area contributed by atoms with Crippen LogP contribution in [-0.2, 0) is 6.42 Å². The Balaban J connectivity index is 1.55. The summed E-state index contributed by atoms with van der Waals surface area (Å²) in [6.45, 7) is 2.39. The zero-order valence-electron chi connectivity index (χ0n) is 18.2. The van der Waals surface area contributed by atoms with Gasteiger partial charge in [0.05, 0.1) is 11.6 Å². The van der Waals surface area contributed by atoms with Crippen molar-refractivity contribution in [2.45, 2.75) is 19.4 Å². The number of amides is 2. The molecule has 2 amide bonds. The second kappa shape index (κ2) is 9.40. The third-order valence-electron chi connectivity index (χ3n) is 5.72. The number of thiophene rings is 1. The van der Waals surface area contributed by atoms with Gasteiger partial charge < -0.3 is 9.84 Å². The molecule has 2 aromatic carbocycles. The highest BCUT2D eigenvalue weighted by Gasteiger charge is 2.35. The van der Waals surface area contributed by atoms with Crippen LogP contribution in [0.5, 0.6) is 0 Å². The number of rotatable bonds is 6. The number of carbonyl (C=O) groups is 1. The maximum atomic E-state index is 13.3. The minimum Gasteiger partial charge on any atom is -0.334 e. The second-order valence-electron chi connectivity index (χ2n) is 7.84. The lowest BCUT2D eigenvalue weighted by molar-refractivity contribution is 0.205. The van der Waals surface area contributed by atoms with E-state index in [1.807, 2.05) is 30.5 Å². The van der Waals surface area contributed by atoms with Crippen LogP contribution in [0.1, 0.15) is 29.3 Å². The molecule has 0 spiro atoms. The number of hydrogen-bond donors (Lipinski definition) is 1. The molecule has 3 heterocycles. The first-order chi connectivity index (χ1) is 16.5. The predicted molar refractivity (Wildman–Crippen MR) is 130 cm³/mol. The van der Waals surface area contributed by atoms with E-state index in [4.69, 9.17) is 16.1 Å². The van der Waals surface area contributed by atoms with E-state index in [0.29, 0.717) is 28.5 Å². The largest absolute Gasteiger partial charge is 0.334 e. The van der Waals surface area contributed by atoms with Crippen molar-refractivity contribution >= 4 is 34.5 Å². The molecule has 1 atom stereocenters. The molecule has 2 aromatic heterocycles. The Hall–Kier alpha value is -3.49. The minimum absolute atomic E-state index is 0.198. The second-order valence-corrected chi connectivity index (χ2v) is 9.31. The molecule has 172 valence electrons. The zero-order valence-corrected chi connectivity index (χ0v) is 19.7. The highest BCUT2D eigenvalue weighted by Crippen LogP contribution is 2.37. The molecule has 1 aliphatic heterocycles. The molecule has 6 nitrogen and oxygen atoms in total. The summed E-state index contributed by atoms with van der Waals surface area (Å²) in [7, 11) is 0. The zero-order chi connectivity index (χ0) is 23.7. The normalized spacial score (nSPS) is 16.1. The lowest BCUT2D eigenvalue weighted by atomic mass is 9.94. The molecule has 1 N–H and O–H groups in total. The lowest BCUT2D eigenvalue weighted by Gasteiger charge is -2.35. The van der Waals surface area contributed by atoms with E-state index in [1.165, 1.54) is 17.0 Å². The van der Waals surface area contributed by atoms with Gasteiger partial charge in [0.2, 0.25) is 5.82 Å². The predicted octanol–water partition coefficient (Wildman–Crippen LogP) is 6.33. The first-order valence-corrected chi connectivity index (χ1v) is 11.9. The molecule has 34 heavy (non-hydrogen) atoms. The van der Waals surface area contributed by atoms with Gasteiger partial charge in [0, 0.05) is 27.7 Å². The average Bonchev–Trinajstić information content (AvgIpc) is 3.52. The van der Waals surface area contributed by atoms with E-state index >= 15 is 0 Å². The number of hydrogen-bond acceptors (Lipinski definition) is 5. The van der Waals surface area contributed by atoms with Gasteiger partial charge in [-0.3, -0.25) is 4.90 Å². The summed E-state index contributed by atoms with van der Waals surface area (Å²) in [4.78, 5) is 20.6. The number of nitrogens with zero attached hydrogens (tertiary/aromatic N) is 3. The molecule has 0 aliphatic carbocycles. The third kappa shape index (κ3) is 4.47. The third-order valence-corrected chi connectivity index (χ3v) is 6.91. The van der Waals surface area contributed by atoms with Crippen LogP contribution in [0, 0.1) is 5.82 Å². The van der Waals surface area contributed by atoms with Crippen LogP contribution in [0.3, 0.4) is 0 Å².